The zero-order valence-corrected chi connectivity index (χ0v) is 12.4. The molecule has 0 heterocycles. The Morgan fingerprint density at radius 3 is 2.65 bits per heavy atom. The van der Waals surface area contributed by atoms with Gasteiger partial charge in [0.05, 0.1) is 0 Å². The first-order valence-electron chi connectivity index (χ1n) is 5.59. The van der Waals surface area contributed by atoms with Crippen molar-refractivity contribution in [3.63, 3.8) is 0 Å². The Bertz CT molecular complexity index is 520. The maximum atomic E-state index is 3.51. The summed E-state index contributed by atoms with van der Waals surface area (Å²) < 4.78 is 1.15. The molecule has 0 amide bonds. The van der Waals surface area contributed by atoms with Crippen LogP contribution in [0.25, 0.3) is 0 Å². The number of aryl methyl sites for hydroxylation is 2. The van der Waals surface area contributed by atoms with Gasteiger partial charge in [0.2, 0.25) is 0 Å². The molecule has 0 aliphatic heterocycles. The lowest BCUT2D eigenvalue weighted by molar-refractivity contribution is 1.25. The van der Waals surface area contributed by atoms with Crippen LogP contribution in [0.2, 0.25) is 0 Å². The van der Waals surface area contributed by atoms with Gasteiger partial charge in [-0.1, -0.05) is 45.8 Å². The highest BCUT2D eigenvalue weighted by Gasteiger charge is 2.01. The van der Waals surface area contributed by atoms with Gasteiger partial charge in [-0.3, -0.25) is 0 Å². The van der Waals surface area contributed by atoms with E-state index < -0.39 is 0 Å². The molecule has 0 aliphatic rings. The lowest BCUT2D eigenvalue weighted by atomic mass is 10.2. The van der Waals surface area contributed by atoms with E-state index in [-0.39, 0.29) is 0 Å². The van der Waals surface area contributed by atoms with Gasteiger partial charge < -0.3 is 0 Å². The summed E-state index contributed by atoms with van der Waals surface area (Å²) in [6.07, 6.45) is 0. The zero-order chi connectivity index (χ0) is 12.3. The van der Waals surface area contributed by atoms with Gasteiger partial charge in [0.25, 0.3) is 0 Å². The van der Waals surface area contributed by atoms with Crippen LogP contribution in [-0.2, 0) is 5.75 Å². The van der Waals surface area contributed by atoms with Gasteiger partial charge in [0.1, 0.15) is 0 Å². The maximum absolute atomic E-state index is 3.51. The Kier molecular flexibility index (Phi) is 4.30. The average molecular weight is 307 g/mol. The summed E-state index contributed by atoms with van der Waals surface area (Å²) >= 11 is 5.41. The van der Waals surface area contributed by atoms with E-state index in [0.717, 1.165) is 10.2 Å². The van der Waals surface area contributed by atoms with Crippen LogP contribution in [-0.4, -0.2) is 0 Å². The quantitative estimate of drug-likeness (QED) is 0.688. The number of halogens is 1. The number of hydrogen-bond acceptors (Lipinski definition) is 1. The normalized spacial score (nSPS) is 10.5. The molecular formula is C15H15BrS. The van der Waals surface area contributed by atoms with Gasteiger partial charge >= 0.3 is 0 Å². The monoisotopic (exact) mass is 306 g/mol. The molecule has 2 aromatic rings. The maximum Gasteiger partial charge on any atom is 0.0232 e. The van der Waals surface area contributed by atoms with Crippen molar-refractivity contribution < 1.29 is 0 Å². The second-order valence-corrected chi connectivity index (χ2v) is 6.12. The molecule has 88 valence electrons. The molecule has 0 fully saturated rings. The number of rotatable bonds is 3. The lowest BCUT2D eigenvalue weighted by Crippen LogP contribution is -1.84. The van der Waals surface area contributed by atoms with E-state index in [4.69, 9.17) is 0 Å². The van der Waals surface area contributed by atoms with Crippen molar-refractivity contribution in [2.75, 3.05) is 0 Å². The highest BCUT2D eigenvalue weighted by Crippen LogP contribution is 2.27. The molecule has 0 saturated carbocycles. The van der Waals surface area contributed by atoms with E-state index in [1.54, 1.807) is 0 Å². The van der Waals surface area contributed by atoms with Gasteiger partial charge in [0, 0.05) is 15.1 Å². The van der Waals surface area contributed by atoms with Crippen LogP contribution in [0.4, 0.5) is 0 Å². The number of hydrogen-bond donors (Lipinski definition) is 0. The summed E-state index contributed by atoms with van der Waals surface area (Å²) in [5, 5.41) is 0. The Balaban J connectivity index is 2.09. The third kappa shape index (κ3) is 3.62. The van der Waals surface area contributed by atoms with E-state index in [2.05, 4.69) is 72.2 Å². The largest absolute Gasteiger partial charge is 0.121 e. The van der Waals surface area contributed by atoms with E-state index in [1.165, 1.54) is 21.6 Å². The van der Waals surface area contributed by atoms with Gasteiger partial charge in [-0.2, -0.15) is 0 Å². The van der Waals surface area contributed by atoms with Crippen molar-refractivity contribution in [2.24, 2.45) is 0 Å². The summed E-state index contributed by atoms with van der Waals surface area (Å²) in [6, 6.07) is 15.1. The zero-order valence-electron chi connectivity index (χ0n) is 10.0. The molecule has 0 saturated heterocycles. The Morgan fingerprint density at radius 2 is 1.88 bits per heavy atom. The van der Waals surface area contributed by atoms with Crippen molar-refractivity contribution in [2.45, 2.75) is 24.5 Å². The molecule has 0 unspecified atom stereocenters. The lowest BCUT2D eigenvalue weighted by Gasteiger charge is -2.07. The van der Waals surface area contributed by atoms with Crippen LogP contribution < -0.4 is 0 Å². The van der Waals surface area contributed by atoms with Crippen LogP contribution in [0.1, 0.15) is 16.7 Å². The van der Waals surface area contributed by atoms with Crippen LogP contribution in [0, 0.1) is 13.8 Å². The number of thioether (sulfide) groups is 1. The molecule has 17 heavy (non-hydrogen) atoms. The molecule has 2 heteroatoms. The third-order valence-corrected chi connectivity index (χ3v) is 4.35. The molecule has 2 rings (SSSR count). The summed E-state index contributed by atoms with van der Waals surface area (Å²) in [6.45, 7) is 4.31. The van der Waals surface area contributed by atoms with Crippen molar-refractivity contribution in [3.05, 3.63) is 63.6 Å². The topological polar surface area (TPSA) is 0 Å². The fraction of sp³-hybridized carbons (Fsp3) is 0.200. The minimum absolute atomic E-state index is 1.02. The second kappa shape index (κ2) is 5.74. The third-order valence-electron chi connectivity index (χ3n) is 2.63. The van der Waals surface area contributed by atoms with E-state index in [9.17, 15) is 0 Å². The summed E-state index contributed by atoms with van der Waals surface area (Å²) in [5.41, 5.74) is 4.04. The Labute approximate surface area is 116 Å². The predicted octanol–water partition coefficient (Wildman–Crippen LogP) is 5.36. The molecule has 0 radical (unpaired) electrons. The molecule has 0 bridgehead atoms. The first-order valence-corrected chi connectivity index (χ1v) is 7.37. The molecule has 0 aliphatic carbocycles. The van der Waals surface area contributed by atoms with Gasteiger partial charge in [-0.05, 0) is 43.2 Å². The average Bonchev–Trinajstić information content (AvgIpc) is 2.30. The SMILES string of the molecule is Cc1ccc(C)c(SCc2cccc(Br)c2)c1. The van der Waals surface area contributed by atoms with Crippen LogP contribution in [0.5, 0.6) is 0 Å². The number of benzene rings is 2. The predicted molar refractivity (Wildman–Crippen MR) is 79.6 cm³/mol. The highest BCUT2D eigenvalue weighted by atomic mass is 79.9. The first-order chi connectivity index (χ1) is 8.15. The minimum atomic E-state index is 1.02. The van der Waals surface area contributed by atoms with Gasteiger partial charge in [-0.25, -0.2) is 0 Å². The van der Waals surface area contributed by atoms with Crippen molar-refractivity contribution in [1.82, 2.24) is 0 Å². The van der Waals surface area contributed by atoms with Crippen molar-refractivity contribution in [3.8, 4) is 0 Å². The van der Waals surface area contributed by atoms with Crippen LogP contribution in [0.15, 0.2) is 51.8 Å². The summed E-state index contributed by atoms with van der Waals surface area (Å²) in [4.78, 5) is 1.38. The Morgan fingerprint density at radius 1 is 1.06 bits per heavy atom. The molecule has 0 N–H and O–H groups in total. The smallest absolute Gasteiger partial charge is 0.0232 e. The van der Waals surface area contributed by atoms with E-state index in [0.29, 0.717) is 0 Å². The van der Waals surface area contributed by atoms with Crippen LogP contribution in [0.3, 0.4) is 0 Å². The van der Waals surface area contributed by atoms with E-state index in [1.807, 2.05) is 11.8 Å². The molecule has 0 atom stereocenters. The summed E-state index contributed by atoms with van der Waals surface area (Å²) in [5.74, 6) is 1.02. The Hall–Kier alpha value is -0.730. The van der Waals surface area contributed by atoms with Crippen molar-refractivity contribution >= 4 is 27.7 Å². The molecule has 0 spiro atoms. The van der Waals surface area contributed by atoms with Gasteiger partial charge in [0.15, 0.2) is 0 Å². The summed E-state index contributed by atoms with van der Waals surface area (Å²) in [7, 11) is 0. The molecule has 0 aromatic heterocycles. The van der Waals surface area contributed by atoms with Crippen molar-refractivity contribution in [1.29, 1.82) is 0 Å². The molecular weight excluding hydrogens is 292 g/mol. The fourth-order valence-electron chi connectivity index (χ4n) is 1.65. The fourth-order valence-corrected chi connectivity index (χ4v) is 3.16. The molecule has 0 nitrogen and oxygen atoms in total. The standard InChI is InChI=1S/C15H15BrS/c1-11-6-7-12(2)15(8-11)17-10-13-4-3-5-14(16)9-13/h3-9H,10H2,1-2H3. The molecule has 2 aromatic carbocycles. The highest BCUT2D eigenvalue weighted by molar-refractivity contribution is 9.10. The van der Waals surface area contributed by atoms with Crippen LogP contribution >= 0.6 is 27.7 Å². The van der Waals surface area contributed by atoms with Gasteiger partial charge in [-0.15, -0.1) is 11.8 Å². The van der Waals surface area contributed by atoms with E-state index >= 15 is 0 Å². The second-order valence-electron chi connectivity index (χ2n) is 4.19. The minimum Gasteiger partial charge on any atom is -0.121 e. The first kappa shape index (κ1) is 12.7.